The molecule has 0 radical (unpaired) electrons. The lowest BCUT2D eigenvalue weighted by atomic mass is 10.1. The highest BCUT2D eigenvalue weighted by Gasteiger charge is 2.39. The molecule has 1 heterocycles. The number of ether oxygens (including phenoxy) is 2. The summed E-state index contributed by atoms with van der Waals surface area (Å²) in [6.07, 6.45) is -0.437. The summed E-state index contributed by atoms with van der Waals surface area (Å²) in [6, 6.07) is 9.95. The number of hydrogen-bond donors (Lipinski definition) is 1. The molecular weight excluding hydrogens is 192 g/mol. The first-order chi connectivity index (χ1) is 7.07. The van der Waals surface area contributed by atoms with Gasteiger partial charge in [0.25, 0.3) is 0 Å². The van der Waals surface area contributed by atoms with Gasteiger partial charge < -0.3 is 14.6 Å². The smallest absolute Gasteiger partial charge is 0.184 e. The Hall–Kier alpha value is -0.900. The lowest BCUT2D eigenvalue weighted by molar-refractivity contribution is -0.174. The van der Waals surface area contributed by atoms with Crippen LogP contribution in [0.2, 0.25) is 0 Å². The molecule has 3 heteroatoms. The summed E-state index contributed by atoms with van der Waals surface area (Å²) < 4.78 is 10.9. The molecule has 0 spiro atoms. The highest BCUT2D eigenvalue weighted by molar-refractivity contribution is 5.15. The zero-order valence-corrected chi connectivity index (χ0v) is 9.01. The zero-order valence-electron chi connectivity index (χ0n) is 9.01. The van der Waals surface area contributed by atoms with Gasteiger partial charge in [0.2, 0.25) is 0 Å². The Labute approximate surface area is 89.6 Å². The topological polar surface area (TPSA) is 38.7 Å². The number of benzene rings is 1. The summed E-state index contributed by atoms with van der Waals surface area (Å²) in [5.74, 6) is -0.682. The van der Waals surface area contributed by atoms with Crippen molar-refractivity contribution in [1.29, 1.82) is 0 Å². The molecule has 2 atom stereocenters. The van der Waals surface area contributed by atoms with Gasteiger partial charge in [-0.3, -0.25) is 0 Å². The maximum absolute atomic E-state index is 9.64. The van der Waals surface area contributed by atoms with Gasteiger partial charge in [-0.05, 0) is 19.4 Å². The molecule has 1 aliphatic rings. The highest BCUT2D eigenvalue weighted by Crippen LogP contribution is 2.28. The van der Waals surface area contributed by atoms with E-state index in [1.54, 1.807) is 13.8 Å². The summed E-state index contributed by atoms with van der Waals surface area (Å²) in [6.45, 7) is 3.61. The van der Waals surface area contributed by atoms with Gasteiger partial charge in [-0.2, -0.15) is 0 Å². The minimum atomic E-state index is -0.833. The van der Waals surface area contributed by atoms with Gasteiger partial charge >= 0.3 is 0 Å². The van der Waals surface area contributed by atoms with Crippen molar-refractivity contribution in [1.82, 2.24) is 0 Å². The Morgan fingerprint density at radius 2 is 1.87 bits per heavy atom. The summed E-state index contributed by atoms with van der Waals surface area (Å²) in [5.41, 5.74) is 1.14. The van der Waals surface area contributed by atoms with E-state index in [2.05, 4.69) is 0 Å². The van der Waals surface area contributed by atoms with Crippen LogP contribution >= 0.6 is 0 Å². The third-order valence-corrected chi connectivity index (χ3v) is 2.44. The molecule has 1 N–H and O–H groups in total. The van der Waals surface area contributed by atoms with E-state index in [0.717, 1.165) is 5.56 Å². The summed E-state index contributed by atoms with van der Waals surface area (Å²) in [7, 11) is 0. The van der Waals surface area contributed by atoms with Crippen LogP contribution in [-0.2, 0) is 15.9 Å². The monoisotopic (exact) mass is 208 g/mol. The Morgan fingerprint density at radius 1 is 1.20 bits per heavy atom. The van der Waals surface area contributed by atoms with Crippen molar-refractivity contribution in [3.8, 4) is 0 Å². The first kappa shape index (κ1) is 10.6. The average Bonchev–Trinajstić information content (AvgIpc) is 2.41. The van der Waals surface area contributed by atoms with Crippen LogP contribution in [0.25, 0.3) is 0 Å². The summed E-state index contributed by atoms with van der Waals surface area (Å²) in [4.78, 5) is 0. The molecule has 0 bridgehead atoms. The molecule has 0 aromatic heterocycles. The van der Waals surface area contributed by atoms with Gasteiger partial charge in [0.1, 0.15) is 6.10 Å². The molecule has 1 fully saturated rings. The van der Waals surface area contributed by atoms with Crippen LogP contribution < -0.4 is 0 Å². The Bertz CT molecular complexity index is 321. The maximum Gasteiger partial charge on any atom is 0.184 e. The number of aliphatic hydroxyl groups excluding tert-OH is 1. The minimum absolute atomic E-state index is 0.276. The largest absolute Gasteiger partial charge is 0.366 e. The van der Waals surface area contributed by atoms with Gasteiger partial charge in [0.05, 0.1) is 0 Å². The lowest BCUT2D eigenvalue weighted by Gasteiger charge is -2.16. The van der Waals surface area contributed by atoms with Crippen molar-refractivity contribution < 1.29 is 14.6 Å². The highest BCUT2D eigenvalue weighted by atomic mass is 16.8. The Kier molecular flexibility index (Phi) is 2.78. The quantitative estimate of drug-likeness (QED) is 0.804. The fraction of sp³-hybridized carbons (Fsp3) is 0.500. The maximum atomic E-state index is 9.64. The van der Waals surface area contributed by atoms with E-state index in [4.69, 9.17) is 9.47 Å². The van der Waals surface area contributed by atoms with Crippen molar-refractivity contribution in [2.24, 2.45) is 0 Å². The number of aliphatic hydroxyl groups is 1. The van der Waals surface area contributed by atoms with E-state index in [0.29, 0.717) is 6.42 Å². The molecule has 15 heavy (non-hydrogen) atoms. The molecule has 1 saturated heterocycles. The van der Waals surface area contributed by atoms with E-state index >= 15 is 0 Å². The molecule has 3 nitrogen and oxygen atoms in total. The van der Waals surface area contributed by atoms with Gasteiger partial charge in [-0.1, -0.05) is 30.3 Å². The molecule has 82 valence electrons. The van der Waals surface area contributed by atoms with Crippen LogP contribution in [0, 0.1) is 0 Å². The molecule has 1 aliphatic heterocycles. The second-order valence-corrected chi connectivity index (χ2v) is 4.25. The number of rotatable bonds is 2. The van der Waals surface area contributed by atoms with Crippen LogP contribution in [0.1, 0.15) is 19.4 Å². The predicted octanol–water partition coefficient (Wildman–Crippen LogP) is 1.70. The fourth-order valence-electron chi connectivity index (χ4n) is 1.81. The second-order valence-electron chi connectivity index (χ2n) is 4.25. The van der Waals surface area contributed by atoms with Crippen LogP contribution in [0.15, 0.2) is 30.3 Å². The van der Waals surface area contributed by atoms with Crippen molar-refractivity contribution in [2.75, 3.05) is 0 Å². The summed E-state index contributed by atoms with van der Waals surface area (Å²) in [5, 5.41) is 9.64. The van der Waals surface area contributed by atoms with Crippen molar-refractivity contribution in [3.63, 3.8) is 0 Å². The lowest BCUT2D eigenvalue weighted by Crippen LogP contribution is -2.24. The van der Waals surface area contributed by atoms with Crippen molar-refractivity contribution in [3.05, 3.63) is 35.9 Å². The predicted molar refractivity (Wildman–Crippen MR) is 56.2 cm³/mol. The summed E-state index contributed by atoms with van der Waals surface area (Å²) >= 11 is 0. The molecule has 0 unspecified atom stereocenters. The van der Waals surface area contributed by atoms with Crippen molar-refractivity contribution in [2.45, 2.75) is 38.4 Å². The Balaban J connectivity index is 2.02. The standard InChI is InChI=1S/C12H16O3/c1-12(2)14-10(11(13)15-12)8-9-6-4-3-5-7-9/h3-7,10-11,13H,8H2,1-2H3/t10-,11-/m0/s1. The molecule has 0 saturated carbocycles. The first-order valence-electron chi connectivity index (χ1n) is 5.14. The Morgan fingerprint density at radius 3 is 2.40 bits per heavy atom. The third kappa shape index (κ3) is 2.56. The van der Waals surface area contributed by atoms with Crippen LogP contribution in [0.3, 0.4) is 0 Å². The molecular formula is C12H16O3. The molecule has 2 rings (SSSR count). The molecule has 0 aliphatic carbocycles. The SMILES string of the molecule is CC1(C)O[C@@H](Cc2ccccc2)[C@@H](O)O1. The van der Waals surface area contributed by atoms with Gasteiger partial charge in [-0.15, -0.1) is 0 Å². The third-order valence-electron chi connectivity index (χ3n) is 2.44. The fourth-order valence-corrected chi connectivity index (χ4v) is 1.81. The van der Waals surface area contributed by atoms with Gasteiger partial charge in [-0.25, -0.2) is 0 Å². The van der Waals surface area contributed by atoms with Gasteiger partial charge in [0, 0.05) is 6.42 Å². The van der Waals surface area contributed by atoms with Crippen LogP contribution in [0.5, 0.6) is 0 Å². The molecule has 1 aromatic carbocycles. The zero-order chi connectivity index (χ0) is 10.9. The normalized spacial score (nSPS) is 29.3. The molecule has 0 amide bonds. The second kappa shape index (κ2) is 3.93. The minimum Gasteiger partial charge on any atom is -0.366 e. The number of hydrogen-bond acceptors (Lipinski definition) is 3. The average molecular weight is 208 g/mol. The molecule has 1 aromatic rings. The van der Waals surface area contributed by atoms with E-state index < -0.39 is 12.1 Å². The first-order valence-corrected chi connectivity index (χ1v) is 5.14. The van der Waals surface area contributed by atoms with Crippen LogP contribution in [-0.4, -0.2) is 23.3 Å². The van der Waals surface area contributed by atoms with E-state index in [1.165, 1.54) is 0 Å². The van der Waals surface area contributed by atoms with E-state index in [1.807, 2.05) is 30.3 Å². The van der Waals surface area contributed by atoms with Crippen molar-refractivity contribution >= 4 is 0 Å². The van der Waals surface area contributed by atoms with E-state index in [-0.39, 0.29) is 6.10 Å². The van der Waals surface area contributed by atoms with Gasteiger partial charge in [0.15, 0.2) is 12.1 Å². The van der Waals surface area contributed by atoms with E-state index in [9.17, 15) is 5.11 Å². The van der Waals surface area contributed by atoms with Crippen LogP contribution in [0.4, 0.5) is 0 Å².